The van der Waals surface area contributed by atoms with Crippen molar-refractivity contribution in [1.29, 1.82) is 0 Å². The van der Waals surface area contributed by atoms with E-state index in [0.717, 1.165) is 16.9 Å². The van der Waals surface area contributed by atoms with E-state index in [1.54, 1.807) is 0 Å². The van der Waals surface area contributed by atoms with Gasteiger partial charge < -0.3 is 15.4 Å². The van der Waals surface area contributed by atoms with Crippen molar-refractivity contribution in [3.8, 4) is 5.75 Å². The smallest absolute Gasteiger partial charge is 0.226 e. The van der Waals surface area contributed by atoms with Gasteiger partial charge in [-0.15, -0.1) is 0 Å². The first-order valence-electron chi connectivity index (χ1n) is 8.50. The summed E-state index contributed by atoms with van der Waals surface area (Å²) in [6, 6.07) is 15.3. The Balaban J connectivity index is 1.72. The fourth-order valence-corrected chi connectivity index (χ4v) is 2.74. The second-order valence-corrected chi connectivity index (χ2v) is 6.95. The highest BCUT2D eigenvalue weighted by Gasteiger charge is 2.07. The summed E-state index contributed by atoms with van der Waals surface area (Å²) >= 11 is 11.3. The molecule has 0 heterocycles. The maximum absolute atomic E-state index is 12.0. The number of carbonyl (C=O) groups excluding carboxylic acids is 1. The molecule has 1 amide bonds. The molecule has 138 valence electrons. The number of amides is 1. The molecule has 0 aliphatic carbocycles. The number of aryl methyl sites for hydroxylation is 1. The van der Waals surface area contributed by atoms with Crippen molar-refractivity contribution in [1.82, 2.24) is 10.6 Å². The van der Waals surface area contributed by atoms with Crippen LogP contribution in [0.3, 0.4) is 0 Å². The number of nitrogens with one attached hydrogen (secondary N) is 2. The molecule has 0 atom stereocenters. The largest absolute Gasteiger partial charge is 0.491 e. The lowest BCUT2D eigenvalue weighted by molar-refractivity contribution is -0.119. The standard InChI is InChI=1S/C20H23ClN2O2S/c1-14(2)25-17-10-7-15(8-11-17)13-22-20(26)23-19(24)12-9-16-5-3-4-6-18(16)21/h3-8,10-11,14H,9,12-13H2,1-2H3,(H2,22,23,24,26). The molecule has 2 rings (SSSR count). The van der Waals surface area contributed by atoms with Crippen LogP contribution in [-0.4, -0.2) is 17.1 Å². The van der Waals surface area contributed by atoms with Crippen LogP contribution in [0.15, 0.2) is 48.5 Å². The Bertz CT molecular complexity index is 748. The van der Waals surface area contributed by atoms with E-state index in [2.05, 4.69) is 10.6 Å². The van der Waals surface area contributed by atoms with Crippen LogP contribution in [0.4, 0.5) is 0 Å². The normalized spacial score (nSPS) is 10.5. The molecule has 0 aromatic heterocycles. The Labute approximate surface area is 164 Å². The molecular formula is C20H23ClN2O2S. The molecule has 4 nitrogen and oxygen atoms in total. The van der Waals surface area contributed by atoms with E-state index in [1.807, 2.05) is 62.4 Å². The van der Waals surface area contributed by atoms with Crippen LogP contribution in [0.1, 0.15) is 31.4 Å². The summed E-state index contributed by atoms with van der Waals surface area (Å²) < 4.78 is 5.61. The van der Waals surface area contributed by atoms with Gasteiger partial charge in [0.25, 0.3) is 0 Å². The molecule has 2 aromatic rings. The van der Waals surface area contributed by atoms with Crippen molar-refractivity contribution in [2.45, 2.75) is 39.3 Å². The lowest BCUT2D eigenvalue weighted by atomic mass is 10.1. The number of rotatable bonds is 7. The van der Waals surface area contributed by atoms with Crippen molar-refractivity contribution in [3.63, 3.8) is 0 Å². The van der Waals surface area contributed by atoms with Crippen LogP contribution in [0.2, 0.25) is 5.02 Å². The van der Waals surface area contributed by atoms with Gasteiger partial charge in [0.15, 0.2) is 5.11 Å². The first-order chi connectivity index (χ1) is 12.4. The number of ether oxygens (including phenoxy) is 1. The Hall–Kier alpha value is -2.11. The summed E-state index contributed by atoms with van der Waals surface area (Å²) in [5.41, 5.74) is 2.00. The summed E-state index contributed by atoms with van der Waals surface area (Å²) in [5, 5.41) is 6.71. The molecule has 0 fully saturated rings. The monoisotopic (exact) mass is 390 g/mol. The molecule has 0 spiro atoms. The van der Waals surface area contributed by atoms with Gasteiger partial charge in [-0.1, -0.05) is 41.9 Å². The van der Waals surface area contributed by atoms with Gasteiger partial charge in [0, 0.05) is 18.0 Å². The number of hydrogen-bond donors (Lipinski definition) is 2. The highest BCUT2D eigenvalue weighted by Crippen LogP contribution is 2.16. The Morgan fingerprint density at radius 1 is 1.15 bits per heavy atom. The number of hydrogen-bond acceptors (Lipinski definition) is 3. The van der Waals surface area contributed by atoms with Gasteiger partial charge in [0.2, 0.25) is 5.91 Å². The average molecular weight is 391 g/mol. The van der Waals surface area contributed by atoms with Crippen molar-refractivity contribution in [2.75, 3.05) is 0 Å². The van der Waals surface area contributed by atoms with Crippen molar-refractivity contribution in [3.05, 3.63) is 64.7 Å². The molecule has 0 saturated carbocycles. The van der Waals surface area contributed by atoms with E-state index in [4.69, 9.17) is 28.6 Å². The van der Waals surface area contributed by atoms with Gasteiger partial charge in [-0.3, -0.25) is 4.79 Å². The van der Waals surface area contributed by atoms with Crippen LogP contribution >= 0.6 is 23.8 Å². The van der Waals surface area contributed by atoms with Gasteiger partial charge in [-0.05, 0) is 61.8 Å². The molecular weight excluding hydrogens is 368 g/mol. The zero-order valence-corrected chi connectivity index (χ0v) is 16.5. The predicted molar refractivity (Wildman–Crippen MR) is 110 cm³/mol. The van der Waals surface area contributed by atoms with Crippen LogP contribution in [0.5, 0.6) is 5.75 Å². The highest BCUT2D eigenvalue weighted by molar-refractivity contribution is 7.80. The molecule has 0 bridgehead atoms. The minimum Gasteiger partial charge on any atom is -0.491 e. The molecule has 6 heteroatoms. The zero-order chi connectivity index (χ0) is 18.9. The third kappa shape index (κ3) is 7.02. The Kier molecular flexibility index (Phi) is 7.88. The molecule has 0 unspecified atom stereocenters. The molecule has 0 aliphatic heterocycles. The fraction of sp³-hybridized carbons (Fsp3) is 0.300. The van der Waals surface area contributed by atoms with Gasteiger partial charge in [-0.2, -0.15) is 0 Å². The summed E-state index contributed by atoms with van der Waals surface area (Å²) in [7, 11) is 0. The first-order valence-corrected chi connectivity index (χ1v) is 9.29. The number of thiocarbonyl (C=S) groups is 1. The van der Waals surface area contributed by atoms with Crippen LogP contribution < -0.4 is 15.4 Å². The van der Waals surface area contributed by atoms with E-state index in [-0.39, 0.29) is 12.0 Å². The fourth-order valence-electron chi connectivity index (χ4n) is 2.32. The van der Waals surface area contributed by atoms with Crippen LogP contribution in [0, 0.1) is 0 Å². The molecule has 0 radical (unpaired) electrons. The number of carbonyl (C=O) groups is 1. The van der Waals surface area contributed by atoms with Crippen molar-refractivity contribution in [2.24, 2.45) is 0 Å². The maximum atomic E-state index is 12.0. The molecule has 26 heavy (non-hydrogen) atoms. The van der Waals surface area contributed by atoms with Gasteiger partial charge in [0.1, 0.15) is 5.75 Å². The number of benzene rings is 2. The van der Waals surface area contributed by atoms with Gasteiger partial charge in [-0.25, -0.2) is 0 Å². The zero-order valence-electron chi connectivity index (χ0n) is 14.9. The summed E-state index contributed by atoms with van der Waals surface area (Å²) in [6.07, 6.45) is 1.05. The van der Waals surface area contributed by atoms with Crippen molar-refractivity contribution >= 4 is 34.8 Å². The quantitative estimate of drug-likeness (QED) is 0.694. The van der Waals surface area contributed by atoms with Crippen molar-refractivity contribution < 1.29 is 9.53 Å². The molecule has 2 N–H and O–H groups in total. The lowest BCUT2D eigenvalue weighted by Gasteiger charge is -2.12. The molecule has 2 aromatic carbocycles. The molecule has 0 saturated heterocycles. The maximum Gasteiger partial charge on any atom is 0.226 e. The Morgan fingerprint density at radius 2 is 1.85 bits per heavy atom. The molecule has 0 aliphatic rings. The predicted octanol–water partition coefficient (Wildman–Crippen LogP) is 4.25. The second-order valence-electron chi connectivity index (χ2n) is 6.13. The van der Waals surface area contributed by atoms with Gasteiger partial charge >= 0.3 is 0 Å². The van der Waals surface area contributed by atoms with E-state index >= 15 is 0 Å². The van der Waals surface area contributed by atoms with Gasteiger partial charge in [0.05, 0.1) is 6.10 Å². The van der Waals surface area contributed by atoms with E-state index in [1.165, 1.54) is 0 Å². The average Bonchev–Trinajstić information content (AvgIpc) is 2.60. The highest BCUT2D eigenvalue weighted by atomic mass is 35.5. The Morgan fingerprint density at radius 3 is 2.50 bits per heavy atom. The van der Waals surface area contributed by atoms with E-state index in [9.17, 15) is 4.79 Å². The summed E-state index contributed by atoms with van der Waals surface area (Å²) in [4.78, 5) is 12.0. The van der Waals surface area contributed by atoms with Crippen LogP contribution in [-0.2, 0) is 17.8 Å². The van der Waals surface area contributed by atoms with Crippen LogP contribution in [0.25, 0.3) is 0 Å². The SMILES string of the molecule is CC(C)Oc1ccc(CNC(=S)NC(=O)CCc2ccccc2Cl)cc1. The third-order valence-electron chi connectivity index (χ3n) is 3.58. The van der Waals surface area contributed by atoms with E-state index < -0.39 is 0 Å². The minimum atomic E-state index is -0.136. The number of halogens is 1. The minimum absolute atomic E-state index is 0.136. The summed E-state index contributed by atoms with van der Waals surface area (Å²) in [6.45, 7) is 4.51. The third-order valence-corrected chi connectivity index (χ3v) is 4.20. The van der Waals surface area contributed by atoms with E-state index in [0.29, 0.717) is 29.5 Å². The second kappa shape index (κ2) is 10.1. The lowest BCUT2D eigenvalue weighted by Crippen LogP contribution is -2.38. The topological polar surface area (TPSA) is 50.4 Å². The summed E-state index contributed by atoms with van der Waals surface area (Å²) in [5.74, 6) is 0.697. The first kappa shape index (κ1) is 20.2.